The molecule has 3 aromatic rings. The van der Waals surface area contributed by atoms with Crippen molar-refractivity contribution >= 4 is 23.3 Å². The number of halogens is 3. The maximum absolute atomic E-state index is 14.0. The number of carbonyl (C=O) groups is 1. The Labute approximate surface area is 267 Å². The first-order chi connectivity index (χ1) is 21.5. The number of hydrogen-bond acceptors (Lipinski definition) is 6. The number of ether oxygens (including phenoxy) is 3. The number of benzene rings is 2. The summed E-state index contributed by atoms with van der Waals surface area (Å²) in [5, 5.41) is 14.4. The average Bonchev–Trinajstić information content (AvgIpc) is 3.32. The highest BCUT2D eigenvalue weighted by molar-refractivity contribution is 6.30. The lowest BCUT2D eigenvalue weighted by molar-refractivity contribution is -0.286. The second kappa shape index (κ2) is 12.7. The Morgan fingerprint density at radius 2 is 1.91 bits per heavy atom. The van der Waals surface area contributed by atoms with E-state index in [0.29, 0.717) is 48.9 Å². The quantitative estimate of drug-likeness (QED) is 0.255. The molecule has 0 amide bonds. The van der Waals surface area contributed by atoms with Crippen molar-refractivity contribution in [3.8, 4) is 17.2 Å². The standard InChI is InChI=1S/C35H39ClF2N2O5/c1-21(20-43-29-11-14-39-28-8-3-5-22(2)32(28)29)15-23-9-12-34(33(41)42,40-27-7-4-6-26(36)19-27)13-10-24-17-30-31(18-25(24)16-23)45-35(37,38)44-30/h4,6-7,11,14,17-19,21-23,40H,3,5,8-10,12-13,15-16,20H2,1-2H3,(H,41,42)/t21-,22-,23+,34+/m1/s1. The van der Waals surface area contributed by atoms with Crippen LogP contribution in [0.3, 0.4) is 0 Å². The van der Waals surface area contributed by atoms with E-state index in [2.05, 4.69) is 24.1 Å². The van der Waals surface area contributed by atoms with Crippen LogP contribution >= 0.6 is 11.6 Å². The maximum atomic E-state index is 14.0. The monoisotopic (exact) mass is 640 g/mol. The van der Waals surface area contributed by atoms with Gasteiger partial charge in [0.1, 0.15) is 11.3 Å². The molecule has 240 valence electrons. The van der Waals surface area contributed by atoms with E-state index < -0.39 is 17.8 Å². The number of carboxylic acids is 1. The normalized spacial score (nSPS) is 24.3. The predicted molar refractivity (Wildman–Crippen MR) is 168 cm³/mol. The Morgan fingerprint density at radius 1 is 1.13 bits per heavy atom. The topological polar surface area (TPSA) is 89.9 Å². The van der Waals surface area contributed by atoms with Crippen LogP contribution in [0.25, 0.3) is 0 Å². The van der Waals surface area contributed by atoms with Gasteiger partial charge in [-0.3, -0.25) is 4.98 Å². The van der Waals surface area contributed by atoms with Gasteiger partial charge < -0.3 is 24.6 Å². The van der Waals surface area contributed by atoms with Gasteiger partial charge in [0.05, 0.1) is 6.61 Å². The molecule has 0 fully saturated rings. The van der Waals surface area contributed by atoms with Crippen molar-refractivity contribution in [3.63, 3.8) is 0 Å². The van der Waals surface area contributed by atoms with Crippen LogP contribution in [0.15, 0.2) is 48.7 Å². The number of nitrogens with zero attached hydrogens (tertiary/aromatic N) is 1. The Kier molecular flexibility index (Phi) is 8.83. The molecule has 10 heteroatoms. The van der Waals surface area contributed by atoms with Gasteiger partial charge in [-0.1, -0.05) is 31.5 Å². The SMILES string of the molecule is C[C@@H](COc1ccnc2c1[C@H](C)CCC2)C[C@@H]1CC[C@@](Nc2cccc(Cl)c2)(C(=O)O)CCc2cc3c(cc2C1)OC(F)(F)O3. The molecule has 2 aliphatic carbocycles. The Balaban J connectivity index is 1.26. The number of carboxylic acid groups (broad SMARTS) is 1. The zero-order valence-electron chi connectivity index (χ0n) is 25.6. The number of nitrogens with one attached hydrogen (secondary N) is 1. The zero-order valence-corrected chi connectivity index (χ0v) is 26.3. The third kappa shape index (κ3) is 6.98. The van der Waals surface area contributed by atoms with Crippen LogP contribution in [0.2, 0.25) is 5.02 Å². The van der Waals surface area contributed by atoms with Gasteiger partial charge in [-0.2, -0.15) is 0 Å². The second-order valence-electron chi connectivity index (χ2n) is 13.0. The maximum Gasteiger partial charge on any atom is 0.586 e. The Hall–Kier alpha value is -3.59. The summed E-state index contributed by atoms with van der Waals surface area (Å²) in [5.74, 6) is 0.510. The number of fused-ring (bicyclic) bond motifs is 3. The molecule has 0 saturated carbocycles. The van der Waals surface area contributed by atoms with E-state index >= 15 is 0 Å². The number of pyridine rings is 1. The Bertz CT molecular complexity index is 1570. The van der Waals surface area contributed by atoms with Gasteiger partial charge in [-0.15, -0.1) is 8.78 Å². The van der Waals surface area contributed by atoms with Gasteiger partial charge in [-0.05, 0) is 123 Å². The molecule has 1 aliphatic heterocycles. The predicted octanol–water partition coefficient (Wildman–Crippen LogP) is 8.42. The zero-order chi connectivity index (χ0) is 31.8. The smallest absolute Gasteiger partial charge is 0.493 e. The van der Waals surface area contributed by atoms with E-state index in [4.69, 9.17) is 25.8 Å². The molecule has 0 radical (unpaired) electrons. The molecular formula is C35H39ClF2N2O5. The summed E-state index contributed by atoms with van der Waals surface area (Å²) in [7, 11) is 0. The largest absolute Gasteiger partial charge is 0.586 e. The number of aromatic nitrogens is 1. The number of aliphatic carboxylic acids is 1. The number of rotatable bonds is 8. The lowest BCUT2D eigenvalue weighted by Gasteiger charge is -2.33. The van der Waals surface area contributed by atoms with Gasteiger partial charge >= 0.3 is 12.3 Å². The lowest BCUT2D eigenvalue weighted by Crippen LogP contribution is -2.47. The van der Waals surface area contributed by atoms with Crippen LogP contribution in [0.1, 0.15) is 80.7 Å². The number of aryl methyl sites for hydroxylation is 2. The summed E-state index contributed by atoms with van der Waals surface area (Å²) in [6.07, 6.45) is 4.24. The fourth-order valence-electron chi connectivity index (χ4n) is 7.21. The molecule has 3 aliphatic rings. The van der Waals surface area contributed by atoms with Crippen LogP contribution in [0.5, 0.6) is 17.2 Å². The fourth-order valence-corrected chi connectivity index (χ4v) is 7.40. The molecule has 0 saturated heterocycles. The van der Waals surface area contributed by atoms with Crippen molar-refractivity contribution in [2.45, 2.75) is 89.4 Å². The summed E-state index contributed by atoms with van der Waals surface area (Å²) in [6, 6.07) is 12.2. The van der Waals surface area contributed by atoms with Crippen molar-refractivity contribution in [1.82, 2.24) is 4.98 Å². The molecule has 2 aromatic carbocycles. The molecule has 0 bridgehead atoms. The van der Waals surface area contributed by atoms with Gasteiger partial charge in [0, 0.05) is 28.2 Å². The molecular weight excluding hydrogens is 602 g/mol. The first-order valence-corrected chi connectivity index (χ1v) is 16.2. The third-order valence-corrected chi connectivity index (χ3v) is 9.72. The van der Waals surface area contributed by atoms with Crippen molar-refractivity contribution in [3.05, 3.63) is 76.1 Å². The summed E-state index contributed by atoms with van der Waals surface area (Å²) in [4.78, 5) is 17.6. The minimum absolute atomic E-state index is 0.00580. The van der Waals surface area contributed by atoms with Crippen molar-refractivity contribution in [2.75, 3.05) is 11.9 Å². The van der Waals surface area contributed by atoms with Crippen LogP contribution in [0, 0.1) is 11.8 Å². The summed E-state index contributed by atoms with van der Waals surface area (Å²) in [6.45, 7) is 4.86. The molecule has 45 heavy (non-hydrogen) atoms. The number of anilines is 1. The first-order valence-electron chi connectivity index (χ1n) is 15.8. The minimum atomic E-state index is -3.73. The van der Waals surface area contributed by atoms with Gasteiger partial charge in [0.25, 0.3) is 0 Å². The summed E-state index contributed by atoms with van der Waals surface area (Å²) >= 11 is 6.23. The van der Waals surface area contributed by atoms with Crippen molar-refractivity contribution < 1.29 is 32.9 Å². The van der Waals surface area contributed by atoms with E-state index in [1.807, 2.05) is 12.3 Å². The highest BCUT2D eigenvalue weighted by atomic mass is 35.5. The minimum Gasteiger partial charge on any atom is -0.493 e. The molecule has 2 heterocycles. The van der Waals surface area contributed by atoms with Gasteiger partial charge in [0.2, 0.25) is 0 Å². The van der Waals surface area contributed by atoms with E-state index in [9.17, 15) is 18.7 Å². The van der Waals surface area contributed by atoms with Crippen LogP contribution in [0.4, 0.5) is 14.5 Å². The lowest BCUT2D eigenvalue weighted by atomic mass is 9.82. The highest BCUT2D eigenvalue weighted by Crippen LogP contribution is 2.45. The van der Waals surface area contributed by atoms with Crippen LogP contribution in [-0.4, -0.2) is 34.5 Å². The van der Waals surface area contributed by atoms with Crippen LogP contribution < -0.4 is 19.5 Å². The second-order valence-corrected chi connectivity index (χ2v) is 13.4. The molecule has 1 aromatic heterocycles. The summed E-state index contributed by atoms with van der Waals surface area (Å²) < 4.78 is 43.9. The molecule has 6 rings (SSSR count). The van der Waals surface area contributed by atoms with Crippen molar-refractivity contribution in [2.24, 2.45) is 11.8 Å². The molecule has 0 unspecified atom stereocenters. The third-order valence-electron chi connectivity index (χ3n) is 9.49. The molecule has 4 atom stereocenters. The molecule has 2 N–H and O–H groups in total. The first kappa shape index (κ1) is 31.4. The number of hydrogen-bond donors (Lipinski definition) is 2. The van der Waals surface area contributed by atoms with Gasteiger partial charge in [-0.25, -0.2) is 4.79 Å². The molecule has 7 nitrogen and oxygen atoms in total. The highest BCUT2D eigenvalue weighted by Gasteiger charge is 2.45. The van der Waals surface area contributed by atoms with Gasteiger partial charge in [0.15, 0.2) is 11.5 Å². The van der Waals surface area contributed by atoms with Crippen LogP contribution in [-0.2, 0) is 24.1 Å². The molecule has 0 spiro atoms. The Morgan fingerprint density at radius 3 is 2.67 bits per heavy atom. The number of alkyl halides is 2. The van der Waals surface area contributed by atoms with Crippen molar-refractivity contribution in [1.29, 1.82) is 0 Å². The van der Waals surface area contributed by atoms with E-state index in [-0.39, 0.29) is 29.8 Å². The fraction of sp³-hybridized carbons (Fsp3) is 0.486. The van der Waals surface area contributed by atoms with E-state index in [0.717, 1.165) is 48.3 Å². The van der Waals surface area contributed by atoms with E-state index in [1.165, 1.54) is 5.56 Å². The van der Waals surface area contributed by atoms with E-state index in [1.54, 1.807) is 36.4 Å². The average molecular weight is 641 g/mol. The summed E-state index contributed by atoms with van der Waals surface area (Å²) in [5.41, 5.74) is 3.29.